The Balaban J connectivity index is 2.05. The second-order valence-electron chi connectivity index (χ2n) is 4.97. The lowest BCUT2D eigenvalue weighted by Crippen LogP contribution is -2.12. The fourth-order valence-corrected chi connectivity index (χ4v) is 2.92. The van der Waals surface area contributed by atoms with Gasteiger partial charge in [-0.15, -0.1) is 0 Å². The zero-order chi connectivity index (χ0) is 13.4. The molecule has 0 amide bonds. The van der Waals surface area contributed by atoms with Gasteiger partial charge in [0, 0.05) is 12.6 Å². The number of benzene rings is 1. The number of rotatable bonds is 2. The van der Waals surface area contributed by atoms with Crippen LogP contribution in [0, 0.1) is 22.3 Å². The second kappa shape index (κ2) is 4.89. The molecule has 1 N–H and O–H groups in total. The van der Waals surface area contributed by atoms with E-state index in [1.54, 1.807) is 4.57 Å². The average molecular weight is 280 g/mol. The van der Waals surface area contributed by atoms with Gasteiger partial charge in [0.1, 0.15) is 11.3 Å². The van der Waals surface area contributed by atoms with E-state index in [0.717, 1.165) is 25.3 Å². The maximum absolute atomic E-state index is 13.7. The number of allylic oxidation sites excluding steroid dienone is 2. The molecule has 5 heteroatoms. The zero-order valence-corrected chi connectivity index (χ0v) is 11.1. The number of aromatic amines is 1. The number of nitrogens with one attached hydrogen (secondary N) is 1. The minimum atomic E-state index is -0.594. The maximum atomic E-state index is 13.7. The van der Waals surface area contributed by atoms with Gasteiger partial charge in [0.25, 0.3) is 0 Å². The third kappa shape index (κ3) is 2.34. The van der Waals surface area contributed by atoms with Crippen LogP contribution >= 0.6 is 12.2 Å². The van der Waals surface area contributed by atoms with E-state index in [9.17, 15) is 8.78 Å². The van der Waals surface area contributed by atoms with Crippen LogP contribution in [0.5, 0.6) is 0 Å². The number of nitrogens with zero attached hydrogens (tertiary/aromatic N) is 1. The highest BCUT2D eigenvalue weighted by Gasteiger charge is 2.15. The molecule has 0 aliphatic heterocycles. The summed E-state index contributed by atoms with van der Waals surface area (Å²) in [5, 5.41) is 0. The third-order valence-corrected chi connectivity index (χ3v) is 3.94. The molecule has 0 saturated carbocycles. The molecule has 1 heterocycles. The predicted octanol–water partition coefficient (Wildman–Crippen LogP) is 4.33. The van der Waals surface area contributed by atoms with Crippen molar-refractivity contribution in [3.63, 3.8) is 0 Å². The first kappa shape index (κ1) is 12.5. The Morgan fingerprint density at radius 3 is 2.89 bits per heavy atom. The molecule has 0 radical (unpaired) electrons. The summed E-state index contributed by atoms with van der Waals surface area (Å²) in [5.74, 6) is -0.693. The van der Waals surface area contributed by atoms with Crippen molar-refractivity contribution in [2.75, 3.05) is 0 Å². The van der Waals surface area contributed by atoms with Crippen LogP contribution < -0.4 is 0 Å². The van der Waals surface area contributed by atoms with E-state index in [2.05, 4.69) is 17.1 Å². The molecule has 2 aromatic rings. The van der Waals surface area contributed by atoms with Gasteiger partial charge in [-0.05, 0) is 43.5 Å². The van der Waals surface area contributed by atoms with E-state index in [-0.39, 0.29) is 5.52 Å². The summed E-state index contributed by atoms with van der Waals surface area (Å²) < 4.78 is 29.3. The van der Waals surface area contributed by atoms with E-state index < -0.39 is 11.6 Å². The molecule has 0 saturated heterocycles. The molecule has 0 fully saturated rings. The fraction of sp³-hybridized carbons (Fsp3) is 0.357. The SMILES string of the molecule is Fc1cc(F)c2[nH]c(=S)n(CC3CC=CCC3)c2c1. The van der Waals surface area contributed by atoms with Gasteiger partial charge < -0.3 is 9.55 Å². The summed E-state index contributed by atoms with van der Waals surface area (Å²) in [4.78, 5) is 2.83. The minimum absolute atomic E-state index is 0.290. The van der Waals surface area contributed by atoms with Crippen molar-refractivity contribution in [1.29, 1.82) is 0 Å². The van der Waals surface area contributed by atoms with Gasteiger partial charge in [0.15, 0.2) is 10.6 Å². The largest absolute Gasteiger partial charge is 0.328 e. The van der Waals surface area contributed by atoms with Crippen LogP contribution in [0.15, 0.2) is 24.3 Å². The van der Waals surface area contributed by atoms with Gasteiger partial charge in [-0.3, -0.25) is 0 Å². The second-order valence-corrected chi connectivity index (χ2v) is 5.36. The van der Waals surface area contributed by atoms with Crippen LogP contribution in [-0.4, -0.2) is 9.55 Å². The lowest BCUT2D eigenvalue weighted by atomic mass is 9.94. The van der Waals surface area contributed by atoms with Gasteiger partial charge in [-0.2, -0.15) is 0 Å². The van der Waals surface area contributed by atoms with E-state index >= 15 is 0 Å². The number of halogens is 2. The Kier molecular flexibility index (Phi) is 3.22. The van der Waals surface area contributed by atoms with Crippen LogP contribution in [0.1, 0.15) is 19.3 Å². The normalized spacial score (nSPS) is 19.2. The highest BCUT2D eigenvalue weighted by molar-refractivity contribution is 7.71. The van der Waals surface area contributed by atoms with Gasteiger partial charge in [-0.1, -0.05) is 12.2 Å². The highest BCUT2D eigenvalue weighted by atomic mass is 32.1. The zero-order valence-electron chi connectivity index (χ0n) is 10.3. The Morgan fingerprint density at radius 2 is 2.16 bits per heavy atom. The molecule has 3 rings (SSSR count). The first-order valence-electron chi connectivity index (χ1n) is 6.37. The Morgan fingerprint density at radius 1 is 1.32 bits per heavy atom. The Hall–Kier alpha value is -1.49. The van der Waals surface area contributed by atoms with Crippen molar-refractivity contribution in [2.45, 2.75) is 25.8 Å². The van der Waals surface area contributed by atoms with Crippen molar-refractivity contribution in [1.82, 2.24) is 9.55 Å². The van der Waals surface area contributed by atoms with Crippen LogP contribution in [0.3, 0.4) is 0 Å². The first-order chi connectivity index (χ1) is 9.15. The van der Waals surface area contributed by atoms with Crippen molar-refractivity contribution in [3.05, 3.63) is 40.7 Å². The fourth-order valence-electron chi connectivity index (χ4n) is 2.64. The molecule has 0 spiro atoms. The summed E-state index contributed by atoms with van der Waals surface area (Å²) in [6.45, 7) is 0.700. The van der Waals surface area contributed by atoms with Gasteiger partial charge in [-0.25, -0.2) is 8.78 Å². The van der Waals surface area contributed by atoms with Crippen LogP contribution in [0.2, 0.25) is 0 Å². The molecule has 1 unspecified atom stereocenters. The number of hydrogen-bond donors (Lipinski definition) is 1. The molecular formula is C14H14F2N2S. The molecule has 2 nitrogen and oxygen atoms in total. The molecular weight excluding hydrogens is 266 g/mol. The van der Waals surface area contributed by atoms with Gasteiger partial charge in [0.05, 0.1) is 5.52 Å². The minimum Gasteiger partial charge on any atom is -0.328 e. The molecule has 1 aliphatic rings. The number of H-pyrrole nitrogens is 1. The van der Waals surface area contributed by atoms with Crippen LogP contribution in [0.4, 0.5) is 8.78 Å². The molecule has 0 bridgehead atoms. The van der Waals surface area contributed by atoms with Crippen LogP contribution in [0.25, 0.3) is 11.0 Å². The van der Waals surface area contributed by atoms with Crippen LogP contribution in [-0.2, 0) is 6.54 Å². The standard InChI is InChI=1S/C14H14F2N2S/c15-10-6-11(16)13-12(7-10)18(14(19)17-13)8-9-4-2-1-3-5-9/h1-2,6-7,9H,3-5,8H2,(H,17,19). The quantitative estimate of drug-likeness (QED) is 0.641. The molecule has 1 atom stereocenters. The van der Waals surface area contributed by atoms with E-state index in [1.165, 1.54) is 6.07 Å². The van der Waals surface area contributed by atoms with Gasteiger partial charge >= 0.3 is 0 Å². The van der Waals surface area contributed by atoms with Gasteiger partial charge in [0.2, 0.25) is 0 Å². The molecule has 19 heavy (non-hydrogen) atoms. The molecule has 1 aromatic carbocycles. The molecule has 1 aromatic heterocycles. The summed E-state index contributed by atoms with van der Waals surface area (Å²) in [5.41, 5.74) is 0.801. The maximum Gasteiger partial charge on any atom is 0.178 e. The van der Waals surface area contributed by atoms with Crippen molar-refractivity contribution in [2.24, 2.45) is 5.92 Å². The molecule has 100 valence electrons. The smallest absolute Gasteiger partial charge is 0.178 e. The highest BCUT2D eigenvalue weighted by Crippen LogP contribution is 2.24. The Bertz CT molecular complexity index is 699. The lowest BCUT2D eigenvalue weighted by molar-refractivity contribution is 0.413. The number of aromatic nitrogens is 2. The number of fused-ring (bicyclic) bond motifs is 1. The van der Waals surface area contributed by atoms with E-state index in [0.29, 0.717) is 22.8 Å². The summed E-state index contributed by atoms with van der Waals surface area (Å²) in [6.07, 6.45) is 7.47. The topological polar surface area (TPSA) is 20.7 Å². The van der Waals surface area contributed by atoms with Crippen molar-refractivity contribution < 1.29 is 8.78 Å². The average Bonchev–Trinajstić information content (AvgIpc) is 2.69. The predicted molar refractivity (Wildman–Crippen MR) is 73.5 cm³/mol. The number of imidazole rings is 1. The lowest BCUT2D eigenvalue weighted by Gasteiger charge is -2.18. The summed E-state index contributed by atoms with van der Waals surface area (Å²) in [6, 6.07) is 2.21. The monoisotopic (exact) mass is 280 g/mol. The first-order valence-corrected chi connectivity index (χ1v) is 6.78. The number of hydrogen-bond acceptors (Lipinski definition) is 1. The summed E-state index contributed by atoms with van der Waals surface area (Å²) >= 11 is 5.22. The molecule has 1 aliphatic carbocycles. The van der Waals surface area contributed by atoms with Crippen molar-refractivity contribution in [3.8, 4) is 0 Å². The third-order valence-electron chi connectivity index (χ3n) is 3.62. The van der Waals surface area contributed by atoms with Crippen molar-refractivity contribution >= 4 is 23.3 Å². The van der Waals surface area contributed by atoms with E-state index in [1.807, 2.05) is 0 Å². The Labute approximate surface area is 114 Å². The summed E-state index contributed by atoms with van der Waals surface area (Å²) in [7, 11) is 0. The van der Waals surface area contributed by atoms with E-state index in [4.69, 9.17) is 12.2 Å².